The van der Waals surface area contributed by atoms with Gasteiger partial charge in [0, 0.05) is 13.2 Å². The lowest BCUT2D eigenvalue weighted by atomic mass is 9.73. The van der Waals surface area contributed by atoms with Crippen LogP contribution in [0.1, 0.15) is 54.5 Å². The third kappa shape index (κ3) is 3.68. The van der Waals surface area contributed by atoms with Gasteiger partial charge < -0.3 is 10.1 Å². The summed E-state index contributed by atoms with van der Waals surface area (Å²) in [4.78, 5) is 13.5. The monoisotopic (exact) mass is 351 g/mol. The molecule has 1 atom stereocenters. The highest BCUT2D eigenvalue weighted by molar-refractivity contribution is 5.88. The Kier molecular flexibility index (Phi) is 5.77. The first-order chi connectivity index (χ1) is 12.6. The van der Waals surface area contributed by atoms with Gasteiger partial charge in [-0.25, -0.2) is 0 Å². The van der Waals surface area contributed by atoms with Crippen LogP contribution in [0.5, 0.6) is 0 Å². The summed E-state index contributed by atoms with van der Waals surface area (Å²) in [5, 5.41) is 3.36. The van der Waals surface area contributed by atoms with Crippen LogP contribution in [-0.4, -0.2) is 19.1 Å². The number of hydrogen-bond donors (Lipinski definition) is 1. The second-order valence-electron chi connectivity index (χ2n) is 7.35. The summed E-state index contributed by atoms with van der Waals surface area (Å²) in [6.45, 7) is 7.61. The Morgan fingerprint density at radius 2 is 1.81 bits per heavy atom. The molecule has 1 saturated heterocycles. The second-order valence-corrected chi connectivity index (χ2v) is 7.35. The molecule has 0 aromatic heterocycles. The van der Waals surface area contributed by atoms with Gasteiger partial charge in [-0.1, -0.05) is 61.0 Å². The van der Waals surface area contributed by atoms with Crippen molar-refractivity contribution in [2.75, 3.05) is 13.2 Å². The number of rotatable bonds is 5. The SMILES string of the molecule is CCC(NC(=O)C1(c2ccccc2)CCOCC1)c1ccc(C)cc1C. The molecule has 3 nitrogen and oxygen atoms in total. The molecule has 0 aliphatic carbocycles. The van der Waals surface area contributed by atoms with Crippen molar-refractivity contribution in [2.45, 2.75) is 51.5 Å². The smallest absolute Gasteiger partial charge is 0.231 e. The molecule has 0 bridgehead atoms. The first-order valence-electron chi connectivity index (χ1n) is 9.58. The fourth-order valence-corrected chi connectivity index (χ4v) is 4.04. The lowest BCUT2D eigenvalue weighted by Gasteiger charge is -2.37. The Morgan fingerprint density at radius 1 is 1.12 bits per heavy atom. The lowest BCUT2D eigenvalue weighted by Crippen LogP contribution is -2.49. The zero-order chi connectivity index (χ0) is 18.6. The van der Waals surface area contributed by atoms with Crippen molar-refractivity contribution in [3.05, 3.63) is 70.8 Å². The molecule has 26 heavy (non-hydrogen) atoms. The van der Waals surface area contributed by atoms with Crippen molar-refractivity contribution >= 4 is 5.91 Å². The van der Waals surface area contributed by atoms with Gasteiger partial charge in [0.15, 0.2) is 0 Å². The average Bonchev–Trinajstić information content (AvgIpc) is 2.67. The Labute approximate surface area is 156 Å². The fraction of sp³-hybridized carbons (Fsp3) is 0.435. The topological polar surface area (TPSA) is 38.3 Å². The summed E-state index contributed by atoms with van der Waals surface area (Å²) in [6.07, 6.45) is 2.33. The molecule has 2 aromatic carbocycles. The minimum atomic E-state index is -0.495. The van der Waals surface area contributed by atoms with E-state index in [9.17, 15) is 4.79 Å². The highest BCUT2D eigenvalue weighted by Gasteiger charge is 2.42. The standard InChI is InChI=1S/C23H29NO2/c1-4-21(20-11-10-17(2)16-18(20)3)24-22(25)23(12-14-26-15-13-23)19-8-6-5-7-9-19/h5-11,16,21H,4,12-15H2,1-3H3,(H,24,25). The molecule has 1 unspecified atom stereocenters. The van der Waals surface area contributed by atoms with Crippen molar-refractivity contribution in [2.24, 2.45) is 0 Å². The van der Waals surface area contributed by atoms with Gasteiger partial charge in [-0.05, 0) is 49.8 Å². The number of carbonyl (C=O) groups is 1. The van der Waals surface area contributed by atoms with Crippen LogP contribution in [0, 0.1) is 13.8 Å². The van der Waals surface area contributed by atoms with Crippen molar-refractivity contribution in [1.29, 1.82) is 0 Å². The third-order valence-corrected chi connectivity index (χ3v) is 5.62. The van der Waals surface area contributed by atoms with Crippen LogP contribution in [-0.2, 0) is 14.9 Å². The number of ether oxygens (including phenoxy) is 1. The molecule has 0 saturated carbocycles. The maximum atomic E-state index is 13.5. The van der Waals surface area contributed by atoms with Gasteiger partial charge in [0.25, 0.3) is 0 Å². The van der Waals surface area contributed by atoms with Crippen LogP contribution in [0.15, 0.2) is 48.5 Å². The quantitative estimate of drug-likeness (QED) is 0.854. The molecule has 1 amide bonds. The van der Waals surface area contributed by atoms with Gasteiger partial charge in [0.05, 0.1) is 11.5 Å². The largest absolute Gasteiger partial charge is 0.381 e. The molecule has 1 aliphatic rings. The zero-order valence-corrected chi connectivity index (χ0v) is 16.0. The number of carbonyl (C=O) groups excluding carboxylic acids is 1. The summed E-state index contributed by atoms with van der Waals surface area (Å²) >= 11 is 0. The van der Waals surface area contributed by atoms with E-state index in [1.54, 1.807) is 0 Å². The number of aryl methyl sites for hydroxylation is 2. The predicted octanol–water partition coefficient (Wildman–Crippen LogP) is 4.62. The Morgan fingerprint density at radius 3 is 2.42 bits per heavy atom. The van der Waals surface area contributed by atoms with Crippen LogP contribution in [0.4, 0.5) is 0 Å². The predicted molar refractivity (Wildman–Crippen MR) is 105 cm³/mol. The Hall–Kier alpha value is -2.13. The van der Waals surface area contributed by atoms with Gasteiger partial charge in [0.2, 0.25) is 5.91 Å². The average molecular weight is 351 g/mol. The van der Waals surface area contributed by atoms with E-state index in [0.717, 1.165) is 24.8 Å². The molecule has 1 heterocycles. The molecule has 3 heteroatoms. The van der Waals surface area contributed by atoms with E-state index < -0.39 is 5.41 Å². The number of benzene rings is 2. The lowest BCUT2D eigenvalue weighted by molar-refractivity contribution is -0.131. The van der Waals surface area contributed by atoms with Crippen LogP contribution in [0.2, 0.25) is 0 Å². The van der Waals surface area contributed by atoms with Gasteiger partial charge in [-0.2, -0.15) is 0 Å². The van der Waals surface area contributed by atoms with Crippen LogP contribution in [0.3, 0.4) is 0 Å². The van der Waals surface area contributed by atoms with Gasteiger partial charge >= 0.3 is 0 Å². The summed E-state index contributed by atoms with van der Waals surface area (Å²) in [5.74, 6) is 0.124. The van der Waals surface area contributed by atoms with Crippen molar-refractivity contribution in [3.63, 3.8) is 0 Å². The van der Waals surface area contributed by atoms with Crippen molar-refractivity contribution < 1.29 is 9.53 Å². The summed E-state index contributed by atoms with van der Waals surface area (Å²) < 4.78 is 5.56. The van der Waals surface area contributed by atoms with Gasteiger partial charge in [-0.15, -0.1) is 0 Å². The molecule has 1 aliphatic heterocycles. The van der Waals surface area contributed by atoms with E-state index in [0.29, 0.717) is 13.2 Å². The van der Waals surface area contributed by atoms with Crippen molar-refractivity contribution in [1.82, 2.24) is 5.32 Å². The van der Waals surface area contributed by atoms with E-state index in [1.807, 2.05) is 18.2 Å². The van der Waals surface area contributed by atoms with Crippen LogP contribution < -0.4 is 5.32 Å². The minimum Gasteiger partial charge on any atom is -0.381 e. The molecule has 0 radical (unpaired) electrons. The highest BCUT2D eigenvalue weighted by atomic mass is 16.5. The molecule has 1 N–H and O–H groups in total. The zero-order valence-electron chi connectivity index (χ0n) is 16.0. The minimum absolute atomic E-state index is 0.0338. The van der Waals surface area contributed by atoms with E-state index in [4.69, 9.17) is 4.74 Å². The molecule has 2 aromatic rings. The van der Waals surface area contributed by atoms with Crippen LogP contribution >= 0.6 is 0 Å². The Bertz CT molecular complexity index is 748. The van der Waals surface area contributed by atoms with Crippen molar-refractivity contribution in [3.8, 4) is 0 Å². The normalized spacial score (nSPS) is 17.5. The number of amides is 1. The van der Waals surface area contributed by atoms with Gasteiger partial charge in [0.1, 0.15) is 0 Å². The summed E-state index contributed by atoms with van der Waals surface area (Å²) in [5.41, 5.74) is 4.29. The number of nitrogens with one attached hydrogen (secondary N) is 1. The third-order valence-electron chi connectivity index (χ3n) is 5.62. The van der Waals surface area contributed by atoms with E-state index in [1.165, 1.54) is 16.7 Å². The molecule has 3 rings (SSSR count). The number of hydrogen-bond acceptors (Lipinski definition) is 2. The Balaban J connectivity index is 1.89. The molecule has 0 spiro atoms. The van der Waals surface area contributed by atoms with E-state index >= 15 is 0 Å². The maximum absolute atomic E-state index is 13.5. The fourth-order valence-electron chi connectivity index (χ4n) is 4.04. The summed E-state index contributed by atoms with van der Waals surface area (Å²) in [7, 11) is 0. The highest BCUT2D eigenvalue weighted by Crippen LogP contribution is 2.36. The first kappa shape index (κ1) is 18.7. The van der Waals surface area contributed by atoms with Crippen LogP contribution in [0.25, 0.3) is 0 Å². The van der Waals surface area contributed by atoms with E-state index in [2.05, 4.69) is 56.4 Å². The molecule has 138 valence electrons. The maximum Gasteiger partial charge on any atom is 0.231 e. The summed E-state index contributed by atoms with van der Waals surface area (Å²) in [6, 6.07) is 16.7. The first-order valence-corrected chi connectivity index (χ1v) is 9.58. The molecular formula is C23H29NO2. The van der Waals surface area contributed by atoms with E-state index in [-0.39, 0.29) is 11.9 Å². The molecular weight excluding hydrogens is 322 g/mol. The molecule has 1 fully saturated rings. The van der Waals surface area contributed by atoms with Gasteiger partial charge in [-0.3, -0.25) is 4.79 Å². The second kappa shape index (κ2) is 8.05.